The van der Waals surface area contributed by atoms with Gasteiger partial charge in [-0.2, -0.15) is 0 Å². The highest BCUT2D eigenvalue weighted by Crippen LogP contribution is 2.42. The lowest BCUT2D eigenvalue weighted by Gasteiger charge is -2.25. The molecule has 182 valence electrons. The Morgan fingerprint density at radius 1 is 1.14 bits per heavy atom. The first-order chi connectivity index (χ1) is 17.3. The van der Waals surface area contributed by atoms with Gasteiger partial charge < -0.3 is 24.3 Å². The van der Waals surface area contributed by atoms with Crippen LogP contribution >= 0.6 is 0 Å². The molecule has 36 heavy (non-hydrogen) atoms. The van der Waals surface area contributed by atoms with Crippen molar-refractivity contribution in [1.82, 2.24) is 19.3 Å². The number of hydrogen-bond donors (Lipinski definition) is 2. The molecule has 3 aromatic heterocycles. The molecule has 9 nitrogen and oxygen atoms in total. The van der Waals surface area contributed by atoms with Gasteiger partial charge in [0.25, 0.3) is 11.7 Å². The number of aliphatic hydroxyl groups is 1. The second-order valence-electron chi connectivity index (χ2n) is 8.65. The molecule has 1 aromatic carbocycles. The number of likely N-dealkylation sites (tertiary alicyclic amines) is 1. The number of fused-ring (bicyclic) bond motifs is 1. The Hall–Kier alpha value is -4.66. The minimum absolute atomic E-state index is 0.0826. The Balaban J connectivity index is 1.73. The van der Waals surface area contributed by atoms with E-state index in [1.807, 2.05) is 29.7 Å². The summed E-state index contributed by atoms with van der Waals surface area (Å²) in [5, 5.41) is 21.6. The standard InChI is InChI=1S/C27H24N4O5/c1-15-6-5-11-30-16(2)22(29-26(15)30)24(33)21-23(18-8-9-19(32)20(12-18)36-3)31(27(35)25(21)34)14-17-7-4-10-28-13-17/h4-13,23,32-33H,14H2,1-3H3. The van der Waals surface area contributed by atoms with E-state index in [1.165, 1.54) is 18.1 Å². The Labute approximate surface area is 206 Å². The number of ketones is 1. The largest absolute Gasteiger partial charge is 0.505 e. The van der Waals surface area contributed by atoms with Crippen molar-refractivity contribution in [3.8, 4) is 11.5 Å². The van der Waals surface area contributed by atoms with Crippen molar-refractivity contribution in [2.45, 2.75) is 26.4 Å². The average Bonchev–Trinajstić information content (AvgIpc) is 3.35. The molecule has 1 aliphatic heterocycles. The predicted molar refractivity (Wildman–Crippen MR) is 131 cm³/mol. The summed E-state index contributed by atoms with van der Waals surface area (Å²) in [5.41, 5.74) is 3.52. The second-order valence-corrected chi connectivity index (χ2v) is 8.65. The van der Waals surface area contributed by atoms with Crippen molar-refractivity contribution in [3.63, 3.8) is 0 Å². The number of phenolic OH excluding ortho intramolecular Hbond substituents is 1. The summed E-state index contributed by atoms with van der Waals surface area (Å²) in [4.78, 5) is 36.7. The minimum atomic E-state index is -0.940. The number of rotatable bonds is 5. The van der Waals surface area contributed by atoms with E-state index in [2.05, 4.69) is 9.97 Å². The van der Waals surface area contributed by atoms with Crippen LogP contribution in [0.2, 0.25) is 0 Å². The van der Waals surface area contributed by atoms with Crippen LogP contribution in [-0.2, 0) is 16.1 Å². The number of pyridine rings is 2. The molecular weight excluding hydrogens is 460 g/mol. The monoisotopic (exact) mass is 484 g/mol. The molecule has 1 fully saturated rings. The fourth-order valence-corrected chi connectivity index (χ4v) is 4.62. The molecule has 2 N–H and O–H groups in total. The third-order valence-electron chi connectivity index (χ3n) is 6.44. The fraction of sp³-hybridized carbons (Fsp3) is 0.185. The van der Waals surface area contributed by atoms with E-state index in [0.29, 0.717) is 16.9 Å². The summed E-state index contributed by atoms with van der Waals surface area (Å²) in [7, 11) is 1.41. The highest BCUT2D eigenvalue weighted by atomic mass is 16.5. The first-order valence-corrected chi connectivity index (χ1v) is 11.3. The van der Waals surface area contributed by atoms with Gasteiger partial charge in [0.15, 0.2) is 17.3 Å². The average molecular weight is 485 g/mol. The summed E-state index contributed by atoms with van der Waals surface area (Å²) in [6.07, 6.45) is 5.06. The first kappa shape index (κ1) is 23.1. The fourth-order valence-electron chi connectivity index (χ4n) is 4.62. The maximum atomic E-state index is 13.4. The molecule has 1 unspecified atom stereocenters. The highest BCUT2D eigenvalue weighted by molar-refractivity contribution is 6.46. The number of methoxy groups -OCH3 is 1. The number of benzene rings is 1. The van der Waals surface area contributed by atoms with Crippen LogP contribution in [-0.4, -0.2) is 48.3 Å². The number of aromatic nitrogens is 3. The Kier molecular flexibility index (Phi) is 5.68. The van der Waals surface area contributed by atoms with Gasteiger partial charge in [-0.15, -0.1) is 0 Å². The summed E-state index contributed by atoms with van der Waals surface area (Å²) in [6, 6.07) is 11.0. The summed E-state index contributed by atoms with van der Waals surface area (Å²) >= 11 is 0. The number of ether oxygens (including phenoxy) is 1. The van der Waals surface area contributed by atoms with Gasteiger partial charge in [-0.05, 0) is 54.8 Å². The molecule has 4 aromatic rings. The molecule has 0 bridgehead atoms. The van der Waals surface area contributed by atoms with Crippen LogP contribution in [0.5, 0.6) is 11.5 Å². The molecule has 0 radical (unpaired) electrons. The third-order valence-corrected chi connectivity index (χ3v) is 6.44. The van der Waals surface area contributed by atoms with Crippen LogP contribution in [0.15, 0.2) is 66.6 Å². The molecule has 0 aliphatic carbocycles. The molecule has 0 spiro atoms. The van der Waals surface area contributed by atoms with E-state index >= 15 is 0 Å². The van der Waals surface area contributed by atoms with Crippen LogP contribution in [0.4, 0.5) is 0 Å². The van der Waals surface area contributed by atoms with Gasteiger partial charge in [0.1, 0.15) is 11.3 Å². The van der Waals surface area contributed by atoms with E-state index < -0.39 is 17.7 Å². The molecule has 5 rings (SSSR count). The molecule has 1 saturated heterocycles. The van der Waals surface area contributed by atoms with Crippen LogP contribution in [0, 0.1) is 13.8 Å². The first-order valence-electron chi connectivity index (χ1n) is 11.3. The number of amides is 1. The van der Waals surface area contributed by atoms with Gasteiger partial charge >= 0.3 is 0 Å². The Morgan fingerprint density at radius 3 is 2.64 bits per heavy atom. The molecule has 4 heterocycles. The third kappa shape index (κ3) is 3.65. The number of nitrogens with zero attached hydrogens (tertiary/aromatic N) is 4. The molecule has 1 amide bonds. The van der Waals surface area contributed by atoms with Crippen molar-refractivity contribution in [3.05, 3.63) is 94.7 Å². The van der Waals surface area contributed by atoms with Gasteiger partial charge in [-0.3, -0.25) is 14.6 Å². The van der Waals surface area contributed by atoms with Crippen molar-refractivity contribution in [2.24, 2.45) is 0 Å². The number of aryl methyl sites for hydroxylation is 2. The van der Waals surface area contributed by atoms with E-state index in [4.69, 9.17) is 4.74 Å². The summed E-state index contributed by atoms with van der Waals surface area (Å²) in [6.45, 7) is 3.78. The van der Waals surface area contributed by atoms with Crippen molar-refractivity contribution >= 4 is 23.1 Å². The quantitative estimate of drug-likeness (QED) is 0.252. The van der Waals surface area contributed by atoms with Crippen LogP contribution in [0.1, 0.15) is 34.1 Å². The van der Waals surface area contributed by atoms with E-state index in [1.54, 1.807) is 43.6 Å². The number of phenols is 1. The smallest absolute Gasteiger partial charge is 0.295 e. The van der Waals surface area contributed by atoms with Crippen LogP contribution < -0.4 is 4.74 Å². The van der Waals surface area contributed by atoms with Crippen LogP contribution in [0.25, 0.3) is 11.4 Å². The number of hydrogen-bond acceptors (Lipinski definition) is 7. The summed E-state index contributed by atoms with van der Waals surface area (Å²) in [5.74, 6) is -1.84. The maximum absolute atomic E-state index is 13.4. The number of carbonyl (C=O) groups excluding carboxylic acids is 2. The lowest BCUT2D eigenvalue weighted by atomic mass is 9.95. The number of aromatic hydroxyl groups is 1. The van der Waals surface area contributed by atoms with E-state index in [9.17, 15) is 19.8 Å². The SMILES string of the molecule is COc1cc(C2C(=C(O)c3nc4c(C)cccn4c3C)C(=O)C(=O)N2Cc2cccnc2)ccc1O. The minimum Gasteiger partial charge on any atom is -0.505 e. The van der Waals surface area contributed by atoms with Crippen LogP contribution in [0.3, 0.4) is 0 Å². The highest BCUT2D eigenvalue weighted by Gasteiger charge is 2.46. The molecule has 9 heteroatoms. The topological polar surface area (TPSA) is 117 Å². The number of imidazole rings is 1. The van der Waals surface area contributed by atoms with E-state index in [0.717, 1.165) is 11.1 Å². The number of Topliss-reactive ketones (excluding diaryl/α,β-unsaturated/α-hetero) is 1. The van der Waals surface area contributed by atoms with Gasteiger partial charge in [0.05, 0.1) is 24.4 Å². The normalized spacial score (nSPS) is 17.2. The van der Waals surface area contributed by atoms with Gasteiger partial charge in [-0.25, -0.2) is 4.98 Å². The Morgan fingerprint density at radius 2 is 1.94 bits per heavy atom. The second kappa shape index (κ2) is 8.84. The maximum Gasteiger partial charge on any atom is 0.295 e. The molecule has 1 aliphatic rings. The van der Waals surface area contributed by atoms with Gasteiger partial charge in [0.2, 0.25) is 0 Å². The van der Waals surface area contributed by atoms with Gasteiger partial charge in [0, 0.05) is 25.1 Å². The molecule has 0 saturated carbocycles. The lowest BCUT2D eigenvalue weighted by Crippen LogP contribution is -2.29. The van der Waals surface area contributed by atoms with Gasteiger partial charge in [-0.1, -0.05) is 18.2 Å². The number of carbonyl (C=O) groups is 2. The summed E-state index contributed by atoms with van der Waals surface area (Å²) < 4.78 is 7.09. The lowest BCUT2D eigenvalue weighted by molar-refractivity contribution is -0.140. The Bertz CT molecular complexity index is 1540. The zero-order valence-electron chi connectivity index (χ0n) is 20.0. The number of aliphatic hydroxyl groups excluding tert-OH is 1. The zero-order chi connectivity index (χ0) is 25.6. The zero-order valence-corrected chi connectivity index (χ0v) is 20.0. The van der Waals surface area contributed by atoms with Crippen molar-refractivity contribution < 1.29 is 24.5 Å². The van der Waals surface area contributed by atoms with Crippen molar-refractivity contribution in [1.29, 1.82) is 0 Å². The van der Waals surface area contributed by atoms with E-state index in [-0.39, 0.29) is 35.1 Å². The molecular formula is C27H24N4O5. The predicted octanol–water partition coefficient (Wildman–Crippen LogP) is 3.68. The van der Waals surface area contributed by atoms with Crippen molar-refractivity contribution in [2.75, 3.05) is 7.11 Å². The molecule has 1 atom stereocenters.